The summed E-state index contributed by atoms with van der Waals surface area (Å²) in [6.45, 7) is 3.69. The molecule has 0 aromatic heterocycles. The van der Waals surface area contributed by atoms with E-state index >= 15 is 0 Å². The fourth-order valence-corrected chi connectivity index (χ4v) is 2.90. The molecule has 1 rings (SSSR count). The number of ether oxygens (including phenoxy) is 1. The fourth-order valence-electron chi connectivity index (χ4n) is 1.61. The van der Waals surface area contributed by atoms with Crippen LogP contribution in [0, 0.1) is 11.3 Å². The van der Waals surface area contributed by atoms with E-state index in [1.54, 1.807) is 30.3 Å². The Hall–Kier alpha value is -1.35. The molecular formula is C13H16ClNO3Si. The van der Waals surface area contributed by atoms with E-state index < -0.39 is 19.9 Å². The third kappa shape index (κ3) is 3.35. The van der Waals surface area contributed by atoms with Gasteiger partial charge in [-0.25, -0.2) is 4.79 Å². The topological polar surface area (TPSA) is 59.3 Å². The van der Waals surface area contributed by atoms with Crippen molar-refractivity contribution in [3.63, 3.8) is 0 Å². The van der Waals surface area contributed by atoms with E-state index in [-0.39, 0.29) is 5.50 Å². The molecule has 0 saturated heterocycles. The number of rotatable bonds is 5. The molecule has 0 spiro atoms. The molecule has 0 aliphatic heterocycles. The van der Waals surface area contributed by atoms with Gasteiger partial charge in [0.15, 0.2) is 0 Å². The fraction of sp³-hybridized carbons (Fsp3) is 0.385. The van der Waals surface area contributed by atoms with E-state index in [1.807, 2.05) is 19.2 Å². The van der Waals surface area contributed by atoms with Crippen LogP contribution in [0.1, 0.15) is 5.56 Å². The quantitative estimate of drug-likeness (QED) is 0.476. The van der Waals surface area contributed by atoms with E-state index in [2.05, 4.69) is 0 Å². The summed E-state index contributed by atoms with van der Waals surface area (Å²) in [4.78, 5) is 12.1. The Morgan fingerprint density at radius 2 is 2.00 bits per heavy atom. The minimum Gasteiger partial charge on any atom is -0.466 e. The number of nitrogens with zero attached hydrogens (tertiary/aromatic N) is 1. The average Bonchev–Trinajstić information content (AvgIpc) is 2.45. The van der Waals surface area contributed by atoms with Crippen LogP contribution < -0.4 is 0 Å². The highest BCUT2D eigenvalue weighted by Gasteiger charge is 2.47. The van der Waals surface area contributed by atoms with Crippen LogP contribution in [-0.2, 0) is 19.6 Å². The molecule has 4 nitrogen and oxygen atoms in total. The van der Waals surface area contributed by atoms with Crippen LogP contribution in [0.15, 0.2) is 30.3 Å². The standard InChI is InChI=1S/C13H16ClNO3Si/c1-17-12(16)13(9-15,18-19(2,3)10-14)11-7-5-4-6-8-11/h4-8H,10H2,1-3H3. The predicted octanol–water partition coefficient (Wildman–Crippen LogP) is 2.58. The molecule has 0 aliphatic carbocycles. The summed E-state index contributed by atoms with van der Waals surface area (Å²) >= 11 is 5.87. The lowest BCUT2D eigenvalue weighted by Crippen LogP contribution is -2.48. The molecule has 6 heteroatoms. The predicted molar refractivity (Wildman–Crippen MR) is 75.0 cm³/mol. The zero-order valence-electron chi connectivity index (χ0n) is 11.1. The van der Waals surface area contributed by atoms with Crippen molar-refractivity contribution in [1.82, 2.24) is 0 Å². The summed E-state index contributed by atoms with van der Waals surface area (Å²) in [7, 11) is -1.12. The maximum absolute atomic E-state index is 12.1. The highest BCUT2D eigenvalue weighted by atomic mass is 35.5. The Kier molecular flexibility index (Phi) is 5.12. The number of carbonyl (C=O) groups excluding carboxylic acids is 1. The lowest BCUT2D eigenvalue weighted by molar-refractivity contribution is -0.155. The molecule has 0 N–H and O–H groups in total. The van der Waals surface area contributed by atoms with Gasteiger partial charge in [-0.05, 0) is 13.1 Å². The molecule has 0 saturated carbocycles. The van der Waals surface area contributed by atoms with Crippen molar-refractivity contribution in [3.8, 4) is 6.07 Å². The van der Waals surface area contributed by atoms with Gasteiger partial charge in [0.2, 0.25) is 8.32 Å². The van der Waals surface area contributed by atoms with Crippen LogP contribution in [0.3, 0.4) is 0 Å². The number of nitriles is 1. The molecule has 1 unspecified atom stereocenters. The summed E-state index contributed by atoms with van der Waals surface area (Å²) in [5.74, 6) is -0.730. The van der Waals surface area contributed by atoms with Gasteiger partial charge in [0.05, 0.1) is 7.11 Å². The van der Waals surface area contributed by atoms with Crippen LogP contribution in [-0.4, -0.2) is 26.9 Å². The largest absolute Gasteiger partial charge is 0.466 e. The summed E-state index contributed by atoms with van der Waals surface area (Å²) in [5, 5.41) is 9.49. The first kappa shape index (κ1) is 15.7. The molecule has 0 amide bonds. The summed E-state index contributed by atoms with van der Waals surface area (Å²) in [6.07, 6.45) is 0. The highest BCUT2D eigenvalue weighted by Crippen LogP contribution is 2.30. The second-order valence-electron chi connectivity index (χ2n) is 4.65. The van der Waals surface area contributed by atoms with E-state index in [1.165, 1.54) is 7.11 Å². The first-order valence-corrected chi connectivity index (χ1v) is 9.38. The Morgan fingerprint density at radius 3 is 2.42 bits per heavy atom. The number of methoxy groups -OCH3 is 1. The number of hydrogen-bond acceptors (Lipinski definition) is 4. The number of benzene rings is 1. The molecule has 1 aromatic carbocycles. The summed E-state index contributed by atoms with van der Waals surface area (Å²) in [6, 6.07) is 10.6. The number of alkyl halides is 1. The first-order chi connectivity index (χ1) is 8.91. The zero-order chi connectivity index (χ0) is 14.5. The minimum absolute atomic E-state index is 0.278. The molecule has 0 bridgehead atoms. The van der Waals surface area contributed by atoms with Gasteiger partial charge in [-0.15, -0.1) is 11.6 Å². The van der Waals surface area contributed by atoms with Crippen molar-refractivity contribution >= 4 is 25.9 Å². The van der Waals surface area contributed by atoms with Crippen molar-refractivity contribution in [2.75, 3.05) is 12.6 Å². The Labute approximate surface area is 119 Å². The van der Waals surface area contributed by atoms with Crippen molar-refractivity contribution in [2.24, 2.45) is 0 Å². The Balaban J connectivity index is 3.33. The van der Waals surface area contributed by atoms with Gasteiger partial charge in [-0.1, -0.05) is 30.3 Å². The molecule has 0 radical (unpaired) electrons. The van der Waals surface area contributed by atoms with Gasteiger partial charge >= 0.3 is 5.97 Å². The van der Waals surface area contributed by atoms with Crippen LogP contribution in [0.4, 0.5) is 0 Å². The molecule has 1 atom stereocenters. The van der Waals surface area contributed by atoms with Gasteiger partial charge in [-0.3, -0.25) is 0 Å². The average molecular weight is 298 g/mol. The SMILES string of the molecule is COC(=O)C(C#N)(O[Si](C)(C)CCl)c1ccccc1. The molecule has 1 aromatic rings. The van der Waals surface area contributed by atoms with Gasteiger partial charge in [0, 0.05) is 11.1 Å². The third-order valence-corrected chi connectivity index (χ3v) is 6.00. The Morgan fingerprint density at radius 1 is 1.42 bits per heavy atom. The summed E-state index contributed by atoms with van der Waals surface area (Å²) in [5.41, 5.74) is -1.02. The molecule has 102 valence electrons. The lowest BCUT2D eigenvalue weighted by Gasteiger charge is -2.32. The second kappa shape index (κ2) is 6.20. The van der Waals surface area contributed by atoms with Crippen LogP contribution >= 0.6 is 11.6 Å². The summed E-state index contributed by atoms with van der Waals surface area (Å²) < 4.78 is 10.6. The van der Waals surface area contributed by atoms with Crippen LogP contribution in [0.2, 0.25) is 13.1 Å². The van der Waals surface area contributed by atoms with Gasteiger partial charge < -0.3 is 9.16 Å². The van der Waals surface area contributed by atoms with Crippen molar-refractivity contribution in [1.29, 1.82) is 5.26 Å². The molecule has 19 heavy (non-hydrogen) atoms. The number of carbonyl (C=O) groups is 1. The van der Waals surface area contributed by atoms with E-state index in [4.69, 9.17) is 20.8 Å². The monoisotopic (exact) mass is 297 g/mol. The van der Waals surface area contributed by atoms with Crippen molar-refractivity contribution in [3.05, 3.63) is 35.9 Å². The van der Waals surface area contributed by atoms with E-state index in [0.717, 1.165) is 0 Å². The van der Waals surface area contributed by atoms with Gasteiger partial charge in [0.25, 0.3) is 5.60 Å². The zero-order valence-corrected chi connectivity index (χ0v) is 12.9. The number of hydrogen-bond donors (Lipinski definition) is 0. The van der Waals surface area contributed by atoms with Crippen LogP contribution in [0.5, 0.6) is 0 Å². The highest BCUT2D eigenvalue weighted by molar-refractivity contribution is 6.77. The second-order valence-corrected chi connectivity index (χ2v) is 9.44. The third-order valence-electron chi connectivity index (χ3n) is 2.56. The smallest absolute Gasteiger partial charge is 0.357 e. The van der Waals surface area contributed by atoms with Crippen molar-refractivity contribution in [2.45, 2.75) is 18.7 Å². The van der Waals surface area contributed by atoms with E-state index in [9.17, 15) is 10.1 Å². The minimum atomic E-state index is -2.35. The van der Waals surface area contributed by atoms with Crippen molar-refractivity contribution < 1.29 is 14.0 Å². The lowest BCUT2D eigenvalue weighted by atomic mass is 9.96. The maximum atomic E-state index is 12.1. The number of halogens is 1. The van der Waals surface area contributed by atoms with Crippen LogP contribution in [0.25, 0.3) is 0 Å². The molecular weight excluding hydrogens is 282 g/mol. The van der Waals surface area contributed by atoms with Gasteiger partial charge in [-0.2, -0.15) is 5.26 Å². The Bertz CT molecular complexity index is 486. The molecule has 0 aliphatic rings. The van der Waals surface area contributed by atoms with E-state index in [0.29, 0.717) is 5.56 Å². The molecule has 0 fully saturated rings. The first-order valence-electron chi connectivity index (χ1n) is 5.73. The number of esters is 1. The maximum Gasteiger partial charge on any atom is 0.357 e. The molecule has 0 heterocycles. The normalized spacial score (nSPS) is 14.3. The van der Waals surface area contributed by atoms with Gasteiger partial charge in [0.1, 0.15) is 6.07 Å².